The smallest absolute Gasteiger partial charge is 0.141 e. The standard InChI is InChI=1S/C22H27N3O/c1-15-11-19(12-16-13-25-20(14-26)21(15)16)22(2,17-3-7-23-8-4-17)18-5-9-24-10-6-18/h3-4,7-8,11-12,14,18,20,24-25H,5-6,9-10,13H2,1-2H3. The second-order valence-electron chi connectivity index (χ2n) is 7.82. The SMILES string of the molecule is Cc1cc(C(C)(c2ccncc2)C2CCNCC2)cc2c1C(C=O)NC2. The van der Waals surface area contributed by atoms with Crippen LogP contribution in [0.3, 0.4) is 0 Å². The van der Waals surface area contributed by atoms with Gasteiger partial charge in [-0.05, 0) is 78.7 Å². The van der Waals surface area contributed by atoms with Gasteiger partial charge >= 0.3 is 0 Å². The Balaban J connectivity index is 1.85. The van der Waals surface area contributed by atoms with E-state index in [2.05, 4.69) is 53.7 Å². The van der Waals surface area contributed by atoms with Crippen molar-refractivity contribution in [1.82, 2.24) is 15.6 Å². The molecule has 2 aromatic rings. The number of rotatable bonds is 4. The quantitative estimate of drug-likeness (QED) is 0.833. The lowest BCUT2D eigenvalue weighted by atomic mass is 9.64. The summed E-state index contributed by atoms with van der Waals surface area (Å²) in [5.74, 6) is 0.583. The van der Waals surface area contributed by atoms with E-state index in [1.807, 2.05) is 12.4 Å². The number of benzene rings is 1. The molecule has 1 saturated heterocycles. The van der Waals surface area contributed by atoms with E-state index in [1.165, 1.54) is 40.7 Å². The number of fused-ring (bicyclic) bond motifs is 1. The first kappa shape index (κ1) is 17.4. The molecule has 3 heterocycles. The Labute approximate surface area is 155 Å². The van der Waals surface area contributed by atoms with E-state index in [0.717, 1.165) is 25.9 Å². The van der Waals surface area contributed by atoms with Crippen LogP contribution < -0.4 is 10.6 Å². The Kier molecular flexibility index (Phi) is 4.63. The Morgan fingerprint density at radius 1 is 1.15 bits per heavy atom. The summed E-state index contributed by atoms with van der Waals surface area (Å²) in [5.41, 5.74) is 6.30. The summed E-state index contributed by atoms with van der Waals surface area (Å²) >= 11 is 0. The molecule has 2 N–H and O–H groups in total. The van der Waals surface area contributed by atoms with Crippen LogP contribution in [0.15, 0.2) is 36.7 Å². The number of piperidine rings is 1. The first-order chi connectivity index (χ1) is 12.6. The summed E-state index contributed by atoms with van der Waals surface area (Å²) in [4.78, 5) is 15.6. The molecule has 4 nitrogen and oxygen atoms in total. The van der Waals surface area contributed by atoms with Crippen LogP contribution in [0.1, 0.15) is 53.6 Å². The zero-order chi connectivity index (χ0) is 18.1. The van der Waals surface area contributed by atoms with Crippen LogP contribution in [-0.2, 0) is 16.8 Å². The number of aryl methyl sites for hydroxylation is 1. The fraction of sp³-hybridized carbons (Fsp3) is 0.455. The average molecular weight is 349 g/mol. The minimum atomic E-state index is -0.162. The topological polar surface area (TPSA) is 54.0 Å². The maximum Gasteiger partial charge on any atom is 0.141 e. The molecule has 2 aliphatic rings. The molecule has 4 heteroatoms. The van der Waals surface area contributed by atoms with E-state index >= 15 is 0 Å². The van der Waals surface area contributed by atoms with Gasteiger partial charge in [0.1, 0.15) is 6.29 Å². The number of carbonyl (C=O) groups excluding carboxylic acids is 1. The van der Waals surface area contributed by atoms with Crippen molar-refractivity contribution in [3.05, 3.63) is 64.5 Å². The molecule has 2 aliphatic heterocycles. The van der Waals surface area contributed by atoms with Gasteiger partial charge in [-0.15, -0.1) is 0 Å². The molecule has 0 saturated carbocycles. The third kappa shape index (κ3) is 2.78. The molecule has 2 atom stereocenters. The van der Waals surface area contributed by atoms with Crippen LogP contribution in [-0.4, -0.2) is 24.4 Å². The highest BCUT2D eigenvalue weighted by atomic mass is 16.1. The molecule has 1 aromatic heterocycles. The summed E-state index contributed by atoms with van der Waals surface area (Å²) in [6.45, 7) is 7.44. The van der Waals surface area contributed by atoms with Crippen molar-refractivity contribution in [3.8, 4) is 0 Å². The largest absolute Gasteiger partial charge is 0.317 e. The van der Waals surface area contributed by atoms with Gasteiger partial charge in [-0.1, -0.05) is 19.1 Å². The Morgan fingerprint density at radius 2 is 1.88 bits per heavy atom. The lowest BCUT2D eigenvalue weighted by Crippen LogP contribution is -2.41. The molecule has 4 rings (SSSR count). The van der Waals surface area contributed by atoms with Crippen molar-refractivity contribution in [2.75, 3.05) is 13.1 Å². The van der Waals surface area contributed by atoms with Gasteiger partial charge in [0.05, 0.1) is 6.04 Å². The number of nitrogens with one attached hydrogen (secondary N) is 2. The van der Waals surface area contributed by atoms with Gasteiger partial charge in [0, 0.05) is 24.4 Å². The molecule has 136 valence electrons. The minimum absolute atomic E-state index is 0.0515. The van der Waals surface area contributed by atoms with Crippen LogP contribution in [0, 0.1) is 12.8 Å². The summed E-state index contributed by atoms with van der Waals surface area (Å²) in [6.07, 6.45) is 7.17. The van der Waals surface area contributed by atoms with Crippen molar-refractivity contribution in [1.29, 1.82) is 0 Å². The lowest BCUT2D eigenvalue weighted by Gasteiger charge is -2.41. The first-order valence-corrected chi connectivity index (χ1v) is 9.58. The number of hydrogen-bond donors (Lipinski definition) is 2. The summed E-state index contributed by atoms with van der Waals surface area (Å²) in [6, 6.07) is 8.81. The maximum atomic E-state index is 11.4. The zero-order valence-electron chi connectivity index (χ0n) is 15.6. The predicted octanol–water partition coefficient (Wildman–Crippen LogP) is 3.04. The second kappa shape index (κ2) is 6.93. The van der Waals surface area contributed by atoms with E-state index in [9.17, 15) is 4.79 Å². The molecule has 0 amide bonds. The molecule has 0 aliphatic carbocycles. The Hall–Kier alpha value is -2.04. The molecule has 0 bridgehead atoms. The third-order valence-electron chi connectivity index (χ3n) is 6.47. The van der Waals surface area contributed by atoms with E-state index in [4.69, 9.17) is 0 Å². The van der Waals surface area contributed by atoms with Crippen molar-refractivity contribution >= 4 is 6.29 Å². The lowest BCUT2D eigenvalue weighted by molar-refractivity contribution is -0.109. The monoisotopic (exact) mass is 349 g/mol. The maximum absolute atomic E-state index is 11.4. The Bertz CT molecular complexity index is 799. The highest BCUT2D eigenvalue weighted by Crippen LogP contribution is 2.44. The number of hydrogen-bond acceptors (Lipinski definition) is 4. The highest BCUT2D eigenvalue weighted by Gasteiger charge is 2.39. The predicted molar refractivity (Wildman–Crippen MR) is 103 cm³/mol. The normalized spacial score (nSPS) is 22.6. The minimum Gasteiger partial charge on any atom is -0.317 e. The molecular weight excluding hydrogens is 322 g/mol. The number of aldehydes is 1. The molecule has 1 fully saturated rings. The van der Waals surface area contributed by atoms with Gasteiger partial charge in [0.25, 0.3) is 0 Å². The summed E-state index contributed by atoms with van der Waals surface area (Å²) < 4.78 is 0. The molecule has 26 heavy (non-hydrogen) atoms. The van der Waals surface area contributed by atoms with Crippen molar-refractivity contribution in [2.45, 2.75) is 44.7 Å². The summed E-state index contributed by atoms with van der Waals surface area (Å²) in [5, 5.41) is 6.82. The van der Waals surface area contributed by atoms with E-state index in [0.29, 0.717) is 5.92 Å². The number of aromatic nitrogens is 1. The van der Waals surface area contributed by atoms with Crippen molar-refractivity contribution < 1.29 is 4.79 Å². The van der Waals surface area contributed by atoms with Crippen molar-refractivity contribution in [3.63, 3.8) is 0 Å². The molecular formula is C22H27N3O. The average Bonchev–Trinajstić information content (AvgIpc) is 3.12. The van der Waals surface area contributed by atoms with E-state index < -0.39 is 0 Å². The van der Waals surface area contributed by atoms with Gasteiger partial charge in [0.15, 0.2) is 0 Å². The first-order valence-electron chi connectivity index (χ1n) is 9.58. The van der Waals surface area contributed by atoms with Gasteiger partial charge in [-0.3, -0.25) is 10.3 Å². The van der Waals surface area contributed by atoms with Crippen LogP contribution in [0.4, 0.5) is 0 Å². The van der Waals surface area contributed by atoms with E-state index in [1.54, 1.807) is 0 Å². The molecule has 1 aromatic carbocycles. The van der Waals surface area contributed by atoms with Crippen LogP contribution in [0.25, 0.3) is 0 Å². The fourth-order valence-electron chi connectivity index (χ4n) is 4.94. The third-order valence-corrected chi connectivity index (χ3v) is 6.47. The fourth-order valence-corrected chi connectivity index (χ4v) is 4.94. The van der Waals surface area contributed by atoms with Crippen LogP contribution in [0.2, 0.25) is 0 Å². The highest BCUT2D eigenvalue weighted by molar-refractivity contribution is 5.66. The molecule has 2 unspecified atom stereocenters. The van der Waals surface area contributed by atoms with E-state index in [-0.39, 0.29) is 11.5 Å². The van der Waals surface area contributed by atoms with Gasteiger partial charge in [-0.25, -0.2) is 0 Å². The van der Waals surface area contributed by atoms with Gasteiger partial charge in [0.2, 0.25) is 0 Å². The van der Waals surface area contributed by atoms with Crippen LogP contribution in [0.5, 0.6) is 0 Å². The molecule has 0 spiro atoms. The van der Waals surface area contributed by atoms with Gasteiger partial charge in [-0.2, -0.15) is 0 Å². The zero-order valence-corrected chi connectivity index (χ0v) is 15.6. The number of pyridine rings is 1. The van der Waals surface area contributed by atoms with Crippen LogP contribution >= 0.6 is 0 Å². The molecule has 0 radical (unpaired) electrons. The summed E-state index contributed by atoms with van der Waals surface area (Å²) in [7, 11) is 0. The second-order valence-corrected chi connectivity index (χ2v) is 7.82. The number of carbonyl (C=O) groups is 1. The van der Waals surface area contributed by atoms with Gasteiger partial charge < -0.3 is 10.1 Å². The number of nitrogens with zero attached hydrogens (tertiary/aromatic N) is 1. The van der Waals surface area contributed by atoms with Crippen molar-refractivity contribution in [2.24, 2.45) is 5.92 Å². The Morgan fingerprint density at radius 3 is 2.58 bits per heavy atom.